The molecule has 1 N–H and O–H groups in total. The molecule has 5 atom stereocenters. The molecule has 3 unspecified atom stereocenters. The topological polar surface area (TPSA) is 59.1 Å². The smallest absolute Gasteiger partial charge is 0.334 e. The summed E-state index contributed by atoms with van der Waals surface area (Å²) >= 11 is 0. The normalized spacial score (nSPS) is 46.8. The van der Waals surface area contributed by atoms with Crippen molar-refractivity contribution in [1.82, 2.24) is 0 Å². The first-order valence-corrected chi connectivity index (χ1v) is 8.85. The first-order valence-electron chi connectivity index (χ1n) is 8.85. The molecule has 2 heterocycles. The Morgan fingerprint density at radius 2 is 2.04 bits per heavy atom. The number of allylic oxidation sites excluding steroid dienone is 2. The molecule has 2 fully saturated rings. The predicted octanol–water partition coefficient (Wildman–Crippen LogP) is 3.46. The monoisotopic (exact) mass is 332 g/mol. The summed E-state index contributed by atoms with van der Waals surface area (Å²) in [6.45, 7) is 9.92. The molecule has 0 amide bonds. The molecule has 24 heavy (non-hydrogen) atoms. The molecule has 132 valence electrons. The summed E-state index contributed by atoms with van der Waals surface area (Å²) in [4.78, 5) is 11.9. The van der Waals surface area contributed by atoms with Crippen LogP contribution >= 0.6 is 0 Å². The van der Waals surface area contributed by atoms with Gasteiger partial charge in [-0.05, 0) is 59.0 Å². The minimum absolute atomic E-state index is 0.0316. The van der Waals surface area contributed by atoms with E-state index in [0.29, 0.717) is 12.0 Å². The van der Waals surface area contributed by atoms with E-state index in [2.05, 4.69) is 13.5 Å². The van der Waals surface area contributed by atoms with E-state index in [1.54, 1.807) is 0 Å². The summed E-state index contributed by atoms with van der Waals surface area (Å²) in [6, 6.07) is 0. The molecule has 3 aliphatic rings. The number of rotatable bonds is 0. The van der Waals surface area contributed by atoms with E-state index in [1.165, 1.54) is 0 Å². The second-order valence-electron chi connectivity index (χ2n) is 7.97. The molecular weight excluding hydrogens is 304 g/mol. The third-order valence-corrected chi connectivity index (χ3v) is 5.61. The van der Waals surface area contributed by atoms with E-state index in [-0.39, 0.29) is 29.7 Å². The van der Waals surface area contributed by atoms with Gasteiger partial charge in [-0.15, -0.1) is 0 Å². The Labute approximate surface area is 144 Å². The van der Waals surface area contributed by atoms with Gasteiger partial charge in [-0.25, -0.2) is 4.79 Å². The van der Waals surface area contributed by atoms with Crippen LogP contribution in [0.15, 0.2) is 36.0 Å². The molecule has 0 aromatic rings. The molecule has 0 aromatic carbocycles. The lowest BCUT2D eigenvalue weighted by Gasteiger charge is -2.20. The summed E-state index contributed by atoms with van der Waals surface area (Å²) in [5, 5.41) is 10.5. The zero-order valence-corrected chi connectivity index (χ0v) is 14.9. The molecule has 2 saturated heterocycles. The summed E-state index contributed by atoms with van der Waals surface area (Å²) < 4.78 is 11.4. The second-order valence-corrected chi connectivity index (χ2v) is 7.97. The Kier molecular flexibility index (Phi) is 4.47. The zero-order valence-electron chi connectivity index (χ0n) is 14.9. The van der Waals surface area contributed by atoms with Crippen molar-refractivity contribution >= 4 is 5.97 Å². The van der Waals surface area contributed by atoms with Gasteiger partial charge in [0.05, 0.1) is 17.3 Å². The SMILES string of the molecule is C=C1C(=O)O[C@H]2/C=C(\C)C/C=C/C(C)(O)CCC3OC3(C)CC[C@@H]12. The molecule has 0 radical (unpaired) electrons. The van der Waals surface area contributed by atoms with Crippen molar-refractivity contribution in [2.75, 3.05) is 0 Å². The standard InChI is InChI=1S/C20H28O4/c1-13-6-5-9-19(3,22)10-8-17-20(4,24-17)11-7-15-14(2)18(21)23-16(15)12-13/h5,9,12,15-17,22H,2,6-8,10-11H2,1,3-4H3/b9-5+,13-12+/t15-,16-,17?,19?,20?/m0/s1. The highest BCUT2D eigenvalue weighted by atomic mass is 16.6. The minimum Gasteiger partial charge on any atom is -0.454 e. The van der Waals surface area contributed by atoms with Gasteiger partial charge in [-0.2, -0.15) is 0 Å². The number of fused-ring (bicyclic) bond motifs is 2. The Balaban J connectivity index is 1.82. The molecule has 4 nitrogen and oxygen atoms in total. The first kappa shape index (κ1) is 17.4. The van der Waals surface area contributed by atoms with Crippen LogP contribution in [0.3, 0.4) is 0 Å². The van der Waals surface area contributed by atoms with Gasteiger partial charge in [-0.1, -0.05) is 24.3 Å². The molecule has 3 rings (SSSR count). The van der Waals surface area contributed by atoms with Gasteiger partial charge in [0.15, 0.2) is 0 Å². The molecule has 0 spiro atoms. The van der Waals surface area contributed by atoms with Crippen LogP contribution < -0.4 is 0 Å². The zero-order chi connectivity index (χ0) is 17.5. The second kappa shape index (κ2) is 6.16. The number of hydrogen-bond donors (Lipinski definition) is 1. The molecule has 2 aliphatic heterocycles. The van der Waals surface area contributed by atoms with Crippen LogP contribution in [-0.4, -0.2) is 34.5 Å². The molecule has 0 aromatic heterocycles. The van der Waals surface area contributed by atoms with Crippen LogP contribution in [0.5, 0.6) is 0 Å². The van der Waals surface area contributed by atoms with Crippen LogP contribution in [0.2, 0.25) is 0 Å². The Hall–Kier alpha value is -1.39. The number of epoxide rings is 1. The number of aliphatic hydroxyl groups is 1. The number of carbonyl (C=O) groups excluding carboxylic acids is 1. The molecule has 1 aliphatic carbocycles. The highest BCUT2D eigenvalue weighted by Crippen LogP contribution is 2.46. The minimum atomic E-state index is -0.812. The van der Waals surface area contributed by atoms with Crippen molar-refractivity contribution in [2.45, 2.75) is 76.3 Å². The van der Waals surface area contributed by atoms with E-state index in [0.717, 1.165) is 31.3 Å². The fourth-order valence-electron chi connectivity index (χ4n) is 3.79. The van der Waals surface area contributed by atoms with E-state index in [1.807, 2.05) is 32.1 Å². The van der Waals surface area contributed by atoms with Gasteiger partial charge in [0.2, 0.25) is 0 Å². The quantitative estimate of drug-likeness (QED) is 0.319. The van der Waals surface area contributed by atoms with Crippen molar-refractivity contribution in [2.24, 2.45) is 5.92 Å². The van der Waals surface area contributed by atoms with Gasteiger partial charge in [-0.3, -0.25) is 0 Å². The lowest BCUT2D eigenvalue weighted by molar-refractivity contribution is -0.137. The lowest BCUT2D eigenvalue weighted by atomic mass is 9.85. The summed E-state index contributed by atoms with van der Waals surface area (Å²) in [5.41, 5.74) is 0.742. The van der Waals surface area contributed by atoms with Crippen molar-refractivity contribution in [3.8, 4) is 0 Å². The average Bonchev–Trinajstić information content (AvgIpc) is 3.06. The highest BCUT2D eigenvalue weighted by Gasteiger charge is 2.52. The highest BCUT2D eigenvalue weighted by molar-refractivity contribution is 5.91. The fraction of sp³-hybridized carbons (Fsp3) is 0.650. The van der Waals surface area contributed by atoms with Crippen molar-refractivity contribution in [3.63, 3.8) is 0 Å². The number of carbonyl (C=O) groups is 1. The van der Waals surface area contributed by atoms with Gasteiger partial charge in [0, 0.05) is 11.5 Å². The number of hydrogen-bond acceptors (Lipinski definition) is 4. The van der Waals surface area contributed by atoms with Crippen molar-refractivity contribution in [1.29, 1.82) is 0 Å². The predicted molar refractivity (Wildman–Crippen MR) is 92.4 cm³/mol. The van der Waals surface area contributed by atoms with Crippen LogP contribution in [0, 0.1) is 5.92 Å². The molecule has 0 bridgehead atoms. The van der Waals surface area contributed by atoms with Gasteiger partial charge >= 0.3 is 5.97 Å². The van der Waals surface area contributed by atoms with Gasteiger partial charge in [0.25, 0.3) is 0 Å². The van der Waals surface area contributed by atoms with Crippen LogP contribution in [0.25, 0.3) is 0 Å². The van der Waals surface area contributed by atoms with Crippen molar-refractivity contribution in [3.05, 3.63) is 36.0 Å². The van der Waals surface area contributed by atoms with E-state index in [4.69, 9.17) is 9.47 Å². The van der Waals surface area contributed by atoms with E-state index in [9.17, 15) is 9.90 Å². The lowest BCUT2D eigenvalue weighted by Crippen LogP contribution is -2.23. The number of ether oxygens (including phenoxy) is 2. The fourth-order valence-corrected chi connectivity index (χ4v) is 3.79. The van der Waals surface area contributed by atoms with Crippen LogP contribution in [0.4, 0.5) is 0 Å². The molecule has 4 heteroatoms. The summed E-state index contributed by atoms with van der Waals surface area (Å²) in [5.74, 6) is -0.251. The molecule has 0 saturated carbocycles. The third-order valence-electron chi connectivity index (χ3n) is 5.61. The largest absolute Gasteiger partial charge is 0.454 e. The van der Waals surface area contributed by atoms with Crippen molar-refractivity contribution < 1.29 is 19.4 Å². The Bertz CT molecular complexity index is 601. The number of esters is 1. The van der Waals surface area contributed by atoms with Crippen LogP contribution in [0.1, 0.15) is 52.9 Å². The Morgan fingerprint density at radius 1 is 1.29 bits per heavy atom. The maximum Gasteiger partial charge on any atom is 0.334 e. The summed E-state index contributed by atoms with van der Waals surface area (Å²) in [7, 11) is 0. The molecular formula is C20H28O4. The van der Waals surface area contributed by atoms with Gasteiger partial charge < -0.3 is 14.6 Å². The Morgan fingerprint density at radius 3 is 2.79 bits per heavy atom. The average molecular weight is 332 g/mol. The summed E-state index contributed by atoms with van der Waals surface area (Å²) in [6.07, 6.45) is 9.81. The maximum absolute atomic E-state index is 11.9. The first-order chi connectivity index (χ1) is 11.2. The third kappa shape index (κ3) is 3.65. The maximum atomic E-state index is 11.9. The van der Waals surface area contributed by atoms with Gasteiger partial charge in [0.1, 0.15) is 6.10 Å². The van der Waals surface area contributed by atoms with E-state index < -0.39 is 5.60 Å². The van der Waals surface area contributed by atoms with E-state index >= 15 is 0 Å². The van der Waals surface area contributed by atoms with Crippen LogP contribution in [-0.2, 0) is 14.3 Å².